The molecule has 1 N–H and O–H groups in total. The van der Waals surface area contributed by atoms with Crippen LogP contribution in [0.15, 0.2) is 36.4 Å². The Hall–Kier alpha value is -2.94. The van der Waals surface area contributed by atoms with Gasteiger partial charge >= 0.3 is 6.61 Å². The second-order valence-corrected chi connectivity index (χ2v) is 5.70. The third-order valence-electron chi connectivity index (χ3n) is 3.55. The van der Waals surface area contributed by atoms with Crippen molar-refractivity contribution >= 4 is 23.2 Å². The summed E-state index contributed by atoms with van der Waals surface area (Å²) in [5, 5.41) is 13.3. The summed E-state index contributed by atoms with van der Waals surface area (Å²) in [5.41, 5.74) is 0.624. The highest BCUT2D eigenvalue weighted by molar-refractivity contribution is 6.34. The third-order valence-corrected chi connectivity index (χ3v) is 3.86. The van der Waals surface area contributed by atoms with Crippen molar-refractivity contribution in [2.75, 3.05) is 13.7 Å². The molecule has 7 nitrogen and oxygen atoms in total. The number of methoxy groups -OCH3 is 1. The average molecular weight is 401 g/mol. The number of non-ortho nitro benzene ring substituents is 1. The summed E-state index contributed by atoms with van der Waals surface area (Å²) in [6.07, 6.45) is 0.391. The Morgan fingerprint density at radius 3 is 2.59 bits per heavy atom. The first kappa shape index (κ1) is 20.4. The van der Waals surface area contributed by atoms with E-state index in [0.717, 1.165) is 11.6 Å². The van der Waals surface area contributed by atoms with Crippen molar-refractivity contribution in [2.24, 2.45) is 0 Å². The molecule has 0 aliphatic carbocycles. The molecule has 0 aliphatic heterocycles. The molecule has 27 heavy (non-hydrogen) atoms. The van der Waals surface area contributed by atoms with Crippen molar-refractivity contribution in [3.05, 3.63) is 62.7 Å². The number of carbonyl (C=O) groups excluding carboxylic acids is 1. The first-order valence-electron chi connectivity index (χ1n) is 7.65. The van der Waals surface area contributed by atoms with Crippen LogP contribution in [0.25, 0.3) is 0 Å². The molecule has 0 atom stereocenters. The fourth-order valence-electron chi connectivity index (χ4n) is 2.28. The summed E-state index contributed by atoms with van der Waals surface area (Å²) in [5.74, 6) is -0.421. The molecule has 2 aromatic carbocycles. The normalized spacial score (nSPS) is 10.6. The number of halogens is 3. The van der Waals surface area contributed by atoms with E-state index in [4.69, 9.17) is 16.3 Å². The smallest absolute Gasteiger partial charge is 0.387 e. The van der Waals surface area contributed by atoms with Crippen LogP contribution in [0.4, 0.5) is 14.5 Å². The van der Waals surface area contributed by atoms with E-state index in [2.05, 4.69) is 10.1 Å². The van der Waals surface area contributed by atoms with E-state index in [0.29, 0.717) is 6.42 Å². The van der Waals surface area contributed by atoms with Gasteiger partial charge in [0.1, 0.15) is 0 Å². The van der Waals surface area contributed by atoms with Crippen LogP contribution < -0.4 is 14.8 Å². The standard InChI is InChI=1S/C17H15ClF2N2O5/c1-26-15-8-10(2-5-14(15)27-17(19)20)6-7-21-16(23)12-4-3-11(22(24)25)9-13(12)18/h2-5,8-9,17H,6-7H2,1H3,(H,21,23). The number of alkyl halides is 2. The number of rotatable bonds is 8. The van der Waals surface area contributed by atoms with E-state index in [-0.39, 0.29) is 34.3 Å². The molecule has 0 fully saturated rings. The minimum atomic E-state index is -2.96. The van der Waals surface area contributed by atoms with Gasteiger partial charge in [-0.25, -0.2) is 0 Å². The lowest BCUT2D eigenvalue weighted by molar-refractivity contribution is -0.384. The lowest BCUT2D eigenvalue weighted by Crippen LogP contribution is -2.26. The Kier molecular flexibility index (Phi) is 6.89. The Labute approximate surface area is 158 Å². The highest BCUT2D eigenvalue weighted by Gasteiger charge is 2.15. The third kappa shape index (κ3) is 5.52. The molecule has 0 radical (unpaired) electrons. The number of carbonyl (C=O) groups is 1. The number of nitro groups is 1. The Balaban J connectivity index is 1.98. The molecule has 2 aromatic rings. The summed E-state index contributed by atoms with van der Waals surface area (Å²) in [7, 11) is 1.33. The molecule has 2 rings (SSSR count). The predicted molar refractivity (Wildman–Crippen MR) is 93.8 cm³/mol. The highest BCUT2D eigenvalue weighted by atomic mass is 35.5. The van der Waals surface area contributed by atoms with E-state index in [1.54, 1.807) is 6.07 Å². The van der Waals surface area contributed by atoms with Gasteiger partial charge in [-0.3, -0.25) is 14.9 Å². The SMILES string of the molecule is COc1cc(CCNC(=O)c2ccc([N+](=O)[O-])cc2Cl)ccc1OC(F)F. The molecule has 0 aliphatic rings. The van der Waals surface area contributed by atoms with Crippen molar-refractivity contribution in [3.8, 4) is 11.5 Å². The van der Waals surface area contributed by atoms with Gasteiger partial charge in [0.05, 0.1) is 22.6 Å². The van der Waals surface area contributed by atoms with Crippen molar-refractivity contribution in [1.29, 1.82) is 0 Å². The van der Waals surface area contributed by atoms with Crippen molar-refractivity contribution < 1.29 is 28.0 Å². The van der Waals surface area contributed by atoms with Crippen molar-refractivity contribution in [1.82, 2.24) is 5.32 Å². The molecule has 144 valence electrons. The predicted octanol–water partition coefficient (Wildman–Crippen LogP) is 3.83. The van der Waals surface area contributed by atoms with E-state index < -0.39 is 17.4 Å². The number of nitrogens with zero attached hydrogens (tertiary/aromatic N) is 1. The van der Waals surface area contributed by atoms with Crippen LogP contribution in [0.5, 0.6) is 11.5 Å². The van der Waals surface area contributed by atoms with E-state index in [1.807, 2.05) is 0 Å². The number of amides is 1. The summed E-state index contributed by atoms with van der Waals surface area (Å²) in [6.45, 7) is -2.74. The van der Waals surface area contributed by atoms with Crippen molar-refractivity contribution in [2.45, 2.75) is 13.0 Å². The summed E-state index contributed by atoms with van der Waals surface area (Å²) < 4.78 is 34.0. The molecule has 0 saturated carbocycles. The van der Waals surface area contributed by atoms with E-state index >= 15 is 0 Å². The van der Waals surface area contributed by atoms with Crippen LogP contribution in [0, 0.1) is 10.1 Å². The average Bonchev–Trinajstić information content (AvgIpc) is 2.62. The molecule has 0 aromatic heterocycles. The van der Waals surface area contributed by atoms with Gasteiger partial charge in [-0.2, -0.15) is 8.78 Å². The van der Waals surface area contributed by atoms with E-state index in [9.17, 15) is 23.7 Å². The molecule has 0 spiro atoms. The molecule has 1 amide bonds. The van der Waals surface area contributed by atoms with Gasteiger partial charge < -0.3 is 14.8 Å². The highest BCUT2D eigenvalue weighted by Crippen LogP contribution is 2.29. The van der Waals surface area contributed by atoms with Gasteiger partial charge in [0, 0.05) is 18.7 Å². The Morgan fingerprint density at radius 1 is 1.26 bits per heavy atom. The van der Waals surface area contributed by atoms with Gasteiger partial charge in [0.2, 0.25) is 0 Å². The second kappa shape index (κ2) is 9.13. The molecule has 0 heterocycles. The second-order valence-electron chi connectivity index (χ2n) is 5.29. The fourth-order valence-corrected chi connectivity index (χ4v) is 2.54. The summed E-state index contributed by atoms with van der Waals surface area (Å²) in [6, 6.07) is 8.02. The fraction of sp³-hybridized carbons (Fsp3) is 0.235. The maximum Gasteiger partial charge on any atom is 0.387 e. The van der Waals surface area contributed by atoms with Gasteiger partial charge in [-0.15, -0.1) is 0 Å². The number of hydrogen-bond donors (Lipinski definition) is 1. The zero-order valence-corrected chi connectivity index (χ0v) is 14.8. The molecule has 10 heteroatoms. The lowest BCUT2D eigenvalue weighted by Gasteiger charge is -2.12. The Bertz CT molecular complexity index is 848. The monoisotopic (exact) mass is 400 g/mol. The number of hydrogen-bond acceptors (Lipinski definition) is 5. The van der Waals surface area contributed by atoms with Crippen molar-refractivity contribution in [3.63, 3.8) is 0 Å². The van der Waals surface area contributed by atoms with Crippen LogP contribution in [0.1, 0.15) is 15.9 Å². The van der Waals surface area contributed by atoms with E-state index in [1.165, 1.54) is 31.4 Å². The molecular weight excluding hydrogens is 386 g/mol. The maximum atomic E-state index is 12.3. The van der Waals surface area contributed by atoms with Crippen LogP contribution in [-0.2, 0) is 6.42 Å². The lowest BCUT2D eigenvalue weighted by atomic mass is 10.1. The topological polar surface area (TPSA) is 90.7 Å². The van der Waals surface area contributed by atoms with Crippen LogP contribution >= 0.6 is 11.6 Å². The minimum absolute atomic E-state index is 0.0307. The van der Waals surface area contributed by atoms with Crippen LogP contribution in [0.3, 0.4) is 0 Å². The number of ether oxygens (including phenoxy) is 2. The molecule has 0 bridgehead atoms. The van der Waals surface area contributed by atoms with Crippen LogP contribution in [-0.4, -0.2) is 31.1 Å². The maximum absolute atomic E-state index is 12.3. The number of nitro benzene ring substituents is 1. The molecular formula is C17H15ClF2N2O5. The molecule has 0 unspecified atom stereocenters. The molecule has 0 saturated heterocycles. The Morgan fingerprint density at radius 2 is 2.00 bits per heavy atom. The van der Waals surface area contributed by atoms with Gasteiger partial charge in [0.15, 0.2) is 11.5 Å². The zero-order chi connectivity index (χ0) is 20.0. The number of nitrogens with one attached hydrogen (secondary N) is 1. The van der Waals surface area contributed by atoms with Crippen LogP contribution in [0.2, 0.25) is 5.02 Å². The summed E-state index contributed by atoms with van der Waals surface area (Å²) >= 11 is 5.91. The first-order valence-corrected chi connectivity index (χ1v) is 8.03. The minimum Gasteiger partial charge on any atom is -0.493 e. The zero-order valence-electron chi connectivity index (χ0n) is 14.1. The summed E-state index contributed by atoms with van der Waals surface area (Å²) in [4.78, 5) is 22.2. The van der Waals surface area contributed by atoms with Gasteiger partial charge in [0.25, 0.3) is 11.6 Å². The largest absolute Gasteiger partial charge is 0.493 e. The first-order chi connectivity index (χ1) is 12.8. The van der Waals surface area contributed by atoms with Gasteiger partial charge in [-0.05, 0) is 30.2 Å². The quantitative estimate of drug-likeness (QED) is 0.537. The van der Waals surface area contributed by atoms with Gasteiger partial charge in [-0.1, -0.05) is 17.7 Å². The number of benzene rings is 2.